The summed E-state index contributed by atoms with van der Waals surface area (Å²) in [5, 5.41) is 0.712. The van der Waals surface area contributed by atoms with Gasteiger partial charge in [0.15, 0.2) is 0 Å². The Kier molecular flexibility index (Phi) is 5.81. The summed E-state index contributed by atoms with van der Waals surface area (Å²) in [6.45, 7) is 5.62. The van der Waals surface area contributed by atoms with Crippen molar-refractivity contribution in [1.82, 2.24) is 19.2 Å². The van der Waals surface area contributed by atoms with Crippen molar-refractivity contribution in [2.45, 2.75) is 26.3 Å². The number of amides is 1. The van der Waals surface area contributed by atoms with E-state index >= 15 is 0 Å². The summed E-state index contributed by atoms with van der Waals surface area (Å²) < 4.78 is 2.20. The van der Waals surface area contributed by atoms with Crippen molar-refractivity contribution in [3.63, 3.8) is 0 Å². The minimum absolute atomic E-state index is 0.146. The van der Waals surface area contributed by atoms with Gasteiger partial charge >= 0.3 is 0 Å². The summed E-state index contributed by atoms with van der Waals surface area (Å²) in [6, 6.07) is 12.0. The molecule has 0 radical (unpaired) electrons. The number of aliphatic imine (C=N–C) groups is 1. The van der Waals surface area contributed by atoms with E-state index in [4.69, 9.17) is 16.6 Å². The van der Waals surface area contributed by atoms with Gasteiger partial charge in [-0.05, 0) is 37.1 Å². The average molecular weight is 448 g/mol. The van der Waals surface area contributed by atoms with E-state index in [1.165, 1.54) is 0 Å². The van der Waals surface area contributed by atoms with Crippen molar-refractivity contribution in [3.05, 3.63) is 65.0 Å². The fourth-order valence-electron chi connectivity index (χ4n) is 4.37. The first-order valence-corrected chi connectivity index (χ1v) is 11.4. The quantitative estimate of drug-likeness (QED) is 0.590. The van der Waals surface area contributed by atoms with Crippen LogP contribution in [-0.4, -0.2) is 57.5 Å². The van der Waals surface area contributed by atoms with Crippen LogP contribution >= 0.6 is 11.6 Å². The minimum Gasteiger partial charge on any atom is -0.340 e. The molecule has 164 valence electrons. The fraction of sp³-hybridized carbons (Fsp3) is 0.320. The van der Waals surface area contributed by atoms with Crippen molar-refractivity contribution in [1.29, 1.82) is 0 Å². The molecule has 2 aromatic heterocycles. The number of fused-ring (bicyclic) bond motifs is 1. The number of imidazole rings is 1. The fourth-order valence-corrected chi connectivity index (χ4v) is 4.50. The molecule has 0 spiro atoms. The van der Waals surface area contributed by atoms with Crippen molar-refractivity contribution >= 4 is 35.1 Å². The first kappa shape index (κ1) is 20.9. The Morgan fingerprint density at radius 1 is 1.00 bits per heavy atom. The molecular weight excluding hydrogens is 422 g/mol. The molecule has 32 heavy (non-hydrogen) atoms. The Balaban J connectivity index is 1.54. The molecule has 2 aliphatic heterocycles. The molecule has 1 saturated heterocycles. The zero-order chi connectivity index (χ0) is 22.1. The lowest BCUT2D eigenvalue weighted by molar-refractivity contribution is -0.130. The lowest BCUT2D eigenvalue weighted by Gasteiger charge is -2.34. The van der Waals surface area contributed by atoms with E-state index < -0.39 is 0 Å². The standard InChI is InChI=1S/C25H26ClN5O/c1-18(32)30-14-12-29(13-15-30)17-23-25(19-5-8-21(26)9-6-19)28-24-10-7-20(16-31(23)24)22-4-2-3-11-27-22/h4-11,16H,2-3,12-15,17H2,1H3. The van der Waals surface area contributed by atoms with E-state index in [1.54, 1.807) is 6.92 Å². The summed E-state index contributed by atoms with van der Waals surface area (Å²) >= 11 is 6.13. The highest BCUT2D eigenvalue weighted by atomic mass is 35.5. The molecule has 6 nitrogen and oxygen atoms in total. The number of rotatable bonds is 4. The van der Waals surface area contributed by atoms with E-state index in [0.717, 1.165) is 79.4 Å². The first-order valence-electron chi connectivity index (χ1n) is 11.1. The second-order valence-electron chi connectivity index (χ2n) is 8.32. The summed E-state index contributed by atoms with van der Waals surface area (Å²) in [5.74, 6) is 0.146. The summed E-state index contributed by atoms with van der Waals surface area (Å²) in [6.07, 6.45) is 8.34. The predicted octanol–water partition coefficient (Wildman–Crippen LogP) is 4.52. The molecule has 1 fully saturated rings. The third-order valence-electron chi connectivity index (χ3n) is 6.19. The molecule has 5 rings (SSSR count). The van der Waals surface area contributed by atoms with Crippen LogP contribution in [0.3, 0.4) is 0 Å². The Bertz CT molecular complexity index is 1200. The molecule has 0 N–H and O–H groups in total. The smallest absolute Gasteiger partial charge is 0.219 e. The van der Waals surface area contributed by atoms with Crippen LogP contribution in [0.5, 0.6) is 0 Å². The normalized spacial score (nSPS) is 17.1. The maximum Gasteiger partial charge on any atom is 0.219 e. The van der Waals surface area contributed by atoms with Gasteiger partial charge in [0, 0.05) is 68.2 Å². The number of halogens is 1. The average Bonchev–Trinajstić information content (AvgIpc) is 3.18. The number of aromatic nitrogens is 2. The van der Waals surface area contributed by atoms with E-state index in [0.29, 0.717) is 5.02 Å². The number of pyridine rings is 1. The van der Waals surface area contributed by atoms with Crippen molar-refractivity contribution in [2.75, 3.05) is 26.2 Å². The Morgan fingerprint density at radius 3 is 2.44 bits per heavy atom. The number of piperazine rings is 1. The number of benzene rings is 1. The Morgan fingerprint density at radius 2 is 1.75 bits per heavy atom. The molecule has 4 heterocycles. The minimum atomic E-state index is 0.146. The first-order chi connectivity index (χ1) is 15.6. The van der Waals surface area contributed by atoms with Crippen LogP contribution in [-0.2, 0) is 11.3 Å². The van der Waals surface area contributed by atoms with Crippen LogP contribution in [0.2, 0.25) is 5.02 Å². The zero-order valence-corrected chi connectivity index (χ0v) is 18.9. The van der Waals surface area contributed by atoms with Crippen LogP contribution < -0.4 is 0 Å². The van der Waals surface area contributed by atoms with Gasteiger partial charge in [0.05, 0.1) is 17.1 Å². The third kappa shape index (κ3) is 4.20. The molecular formula is C25H26ClN5O. The molecule has 1 aromatic carbocycles. The zero-order valence-electron chi connectivity index (χ0n) is 18.2. The molecule has 1 amide bonds. The maximum absolute atomic E-state index is 11.7. The topological polar surface area (TPSA) is 53.2 Å². The summed E-state index contributed by atoms with van der Waals surface area (Å²) in [7, 11) is 0. The van der Waals surface area contributed by atoms with Crippen LogP contribution in [0.1, 0.15) is 31.0 Å². The second-order valence-corrected chi connectivity index (χ2v) is 8.76. The largest absolute Gasteiger partial charge is 0.340 e. The van der Waals surface area contributed by atoms with Gasteiger partial charge in [-0.3, -0.25) is 14.7 Å². The molecule has 3 aromatic rings. The van der Waals surface area contributed by atoms with Gasteiger partial charge in [-0.15, -0.1) is 0 Å². The van der Waals surface area contributed by atoms with Gasteiger partial charge in [0.2, 0.25) is 5.91 Å². The highest BCUT2D eigenvalue weighted by Crippen LogP contribution is 2.29. The lowest BCUT2D eigenvalue weighted by atomic mass is 10.1. The van der Waals surface area contributed by atoms with Crippen LogP contribution in [0, 0.1) is 0 Å². The predicted molar refractivity (Wildman–Crippen MR) is 129 cm³/mol. The Hall–Kier alpha value is -2.96. The number of carbonyl (C=O) groups excluding carboxylic acids is 1. The maximum atomic E-state index is 11.7. The van der Waals surface area contributed by atoms with E-state index in [2.05, 4.69) is 38.7 Å². The number of allylic oxidation sites excluding steroid dienone is 1. The molecule has 0 atom stereocenters. The van der Waals surface area contributed by atoms with Crippen LogP contribution in [0.4, 0.5) is 0 Å². The molecule has 0 saturated carbocycles. The van der Waals surface area contributed by atoms with Crippen molar-refractivity contribution in [3.8, 4) is 11.3 Å². The van der Waals surface area contributed by atoms with Crippen LogP contribution in [0.15, 0.2) is 53.7 Å². The SMILES string of the molecule is CC(=O)N1CCN(Cc2c(-c3ccc(Cl)cc3)nc3ccc(C4=CCCC=N4)cn23)CC1. The summed E-state index contributed by atoms with van der Waals surface area (Å²) in [5.41, 5.74) is 6.18. The number of nitrogens with zero attached hydrogens (tertiary/aromatic N) is 5. The van der Waals surface area contributed by atoms with E-state index in [1.807, 2.05) is 35.4 Å². The number of hydrogen-bond donors (Lipinski definition) is 0. The molecule has 0 aliphatic carbocycles. The summed E-state index contributed by atoms with van der Waals surface area (Å²) in [4.78, 5) is 25.6. The van der Waals surface area contributed by atoms with Gasteiger partial charge in [0.25, 0.3) is 0 Å². The number of hydrogen-bond acceptors (Lipinski definition) is 4. The lowest BCUT2D eigenvalue weighted by Crippen LogP contribution is -2.47. The number of carbonyl (C=O) groups is 1. The van der Waals surface area contributed by atoms with Gasteiger partial charge in [0.1, 0.15) is 5.65 Å². The molecule has 2 aliphatic rings. The second kappa shape index (κ2) is 8.88. The van der Waals surface area contributed by atoms with Gasteiger partial charge in [-0.2, -0.15) is 0 Å². The van der Waals surface area contributed by atoms with Crippen molar-refractivity contribution in [2.24, 2.45) is 4.99 Å². The Labute approximate surface area is 192 Å². The molecule has 0 unspecified atom stereocenters. The third-order valence-corrected chi connectivity index (χ3v) is 6.44. The van der Waals surface area contributed by atoms with Gasteiger partial charge in [-0.25, -0.2) is 4.98 Å². The monoisotopic (exact) mass is 447 g/mol. The molecule has 0 bridgehead atoms. The van der Waals surface area contributed by atoms with Crippen LogP contribution in [0.25, 0.3) is 22.6 Å². The van der Waals surface area contributed by atoms with Crippen molar-refractivity contribution < 1.29 is 4.79 Å². The van der Waals surface area contributed by atoms with E-state index in [9.17, 15) is 4.79 Å². The van der Waals surface area contributed by atoms with E-state index in [-0.39, 0.29) is 5.91 Å². The highest BCUT2D eigenvalue weighted by Gasteiger charge is 2.22. The van der Waals surface area contributed by atoms with Gasteiger partial charge in [-0.1, -0.05) is 29.8 Å². The van der Waals surface area contributed by atoms with Gasteiger partial charge < -0.3 is 9.30 Å². The molecule has 7 heteroatoms. The highest BCUT2D eigenvalue weighted by molar-refractivity contribution is 6.30.